The number of benzene rings is 1. The minimum atomic E-state index is -0.0534. The van der Waals surface area contributed by atoms with E-state index in [1.165, 1.54) is 32.1 Å². The van der Waals surface area contributed by atoms with Crippen LogP contribution in [-0.2, 0) is 11.3 Å². The molecule has 1 fully saturated rings. The summed E-state index contributed by atoms with van der Waals surface area (Å²) in [6.07, 6.45) is 8.29. The molecule has 0 spiro atoms. The molecule has 2 heterocycles. The minimum absolute atomic E-state index is 0.0325. The highest BCUT2D eigenvalue weighted by molar-refractivity contribution is 5.98. The van der Waals surface area contributed by atoms with Crippen LogP contribution in [0.25, 0.3) is 0 Å². The van der Waals surface area contributed by atoms with Crippen molar-refractivity contribution in [1.29, 1.82) is 0 Å². The molecule has 0 bridgehead atoms. The third kappa shape index (κ3) is 7.04. The molecule has 3 rings (SSSR count). The molecule has 0 aliphatic carbocycles. The van der Waals surface area contributed by atoms with Crippen molar-refractivity contribution < 1.29 is 9.59 Å². The Kier molecular flexibility index (Phi) is 9.34. The van der Waals surface area contributed by atoms with E-state index in [1.54, 1.807) is 0 Å². The van der Waals surface area contributed by atoms with Gasteiger partial charge < -0.3 is 20.4 Å². The molecule has 2 amide bonds. The summed E-state index contributed by atoms with van der Waals surface area (Å²) in [7, 11) is 0. The van der Waals surface area contributed by atoms with Gasteiger partial charge in [0.15, 0.2) is 0 Å². The molecule has 31 heavy (non-hydrogen) atoms. The van der Waals surface area contributed by atoms with Crippen molar-refractivity contribution in [3.8, 4) is 0 Å². The molecule has 2 aliphatic heterocycles. The number of rotatable bonds is 5. The molecule has 1 aromatic rings. The molecule has 2 N–H and O–H groups in total. The van der Waals surface area contributed by atoms with Crippen LogP contribution in [0.15, 0.2) is 18.2 Å². The third-order valence-electron chi connectivity index (χ3n) is 6.36. The summed E-state index contributed by atoms with van der Waals surface area (Å²) in [5.41, 5.74) is 2.65. The molecule has 6 nitrogen and oxygen atoms in total. The first-order valence-electron chi connectivity index (χ1n) is 12.2. The van der Waals surface area contributed by atoms with Crippen LogP contribution in [0.2, 0.25) is 0 Å². The van der Waals surface area contributed by atoms with Gasteiger partial charge in [-0.25, -0.2) is 0 Å². The van der Waals surface area contributed by atoms with Crippen LogP contribution < -0.4 is 15.5 Å². The van der Waals surface area contributed by atoms with E-state index >= 15 is 0 Å². The fourth-order valence-corrected chi connectivity index (χ4v) is 4.50. The first-order chi connectivity index (χ1) is 15.1. The molecular formula is C25H40N4O2. The van der Waals surface area contributed by atoms with Gasteiger partial charge >= 0.3 is 0 Å². The number of carbonyl (C=O) groups excluding carboxylic acids is 2. The zero-order valence-corrected chi connectivity index (χ0v) is 19.4. The van der Waals surface area contributed by atoms with E-state index in [0.717, 1.165) is 56.8 Å². The van der Waals surface area contributed by atoms with Gasteiger partial charge in [0.2, 0.25) is 5.91 Å². The highest BCUT2D eigenvalue weighted by Crippen LogP contribution is 2.25. The number of fused-ring (bicyclic) bond motifs is 1. The maximum atomic E-state index is 13.0. The van der Waals surface area contributed by atoms with Gasteiger partial charge in [0.25, 0.3) is 5.91 Å². The predicted molar refractivity (Wildman–Crippen MR) is 126 cm³/mol. The van der Waals surface area contributed by atoms with Gasteiger partial charge in [-0.2, -0.15) is 0 Å². The standard InChI is InChI=1S/C25H40N4O2/c1-20(2)25(31)29-16-7-5-3-4-6-12-26-19-22-18-21(10-11-23(22)29)24(30)27-13-17-28-14-8-9-15-28/h10-11,18,20,26H,3-9,12-17,19H2,1-2H3,(H,27,30). The molecule has 0 unspecified atom stereocenters. The average molecular weight is 429 g/mol. The van der Waals surface area contributed by atoms with Gasteiger partial charge in [-0.3, -0.25) is 9.59 Å². The lowest BCUT2D eigenvalue weighted by molar-refractivity contribution is -0.121. The smallest absolute Gasteiger partial charge is 0.251 e. The van der Waals surface area contributed by atoms with Gasteiger partial charge in [0.05, 0.1) is 0 Å². The summed E-state index contributed by atoms with van der Waals surface area (Å²) in [5, 5.41) is 6.59. The molecule has 0 atom stereocenters. The van der Waals surface area contributed by atoms with Gasteiger partial charge in [-0.1, -0.05) is 33.1 Å². The molecular weight excluding hydrogens is 388 g/mol. The lowest BCUT2D eigenvalue weighted by atomic mass is 10.0. The number of hydrogen-bond acceptors (Lipinski definition) is 4. The van der Waals surface area contributed by atoms with E-state index in [2.05, 4.69) is 15.5 Å². The van der Waals surface area contributed by atoms with Gasteiger partial charge in [0, 0.05) is 43.3 Å². The molecule has 0 aromatic heterocycles. The molecule has 0 saturated carbocycles. The van der Waals surface area contributed by atoms with Crippen molar-refractivity contribution in [2.24, 2.45) is 5.92 Å². The van der Waals surface area contributed by atoms with Crippen molar-refractivity contribution in [3.05, 3.63) is 29.3 Å². The monoisotopic (exact) mass is 428 g/mol. The first kappa shape index (κ1) is 23.7. The lowest BCUT2D eigenvalue weighted by Crippen LogP contribution is -2.37. The first-order valence-corrected chi connectivity index (χ1v) is 12.2. The van der Waals surface area contributed by atoms with Crippen molar-refractivity contribution in [1.82, 2.24) is 15.5 Å². The molecule has 6 heteroatoms. The van der Waals surface area contributed by atoms with E-state index in [4.69, 9.17) is 0 Å². The molecule has 1 saturated heterocycles. The summed E-state index contributed by atoms with van der Waals surface area (Å²) in [4.78, 5) is 30.1. The zero-order chi connectivity index (χ0) is 22.1. The summed E-state index contributed by atoms with van der Waals surface area (Å²) >= 11 is 0. The molecule has 2 aliphatic rings. The summed E-state index contributed by atoms with van der Waals surface area (Å²) in [6.45, 7) is 10.2. The number of nitrogens with one attached hydrogen (secondary N) is 2. The Labute approximate surface area is 187 Å². The SMILES string of the molecule is CC(C)C(=O)N1CCCCCCCNCc2cc(C(=O)NCCN3CCCC3)ccc21. The Morgan fingerprint density at radius 3 is 2.48 bits per heavy atom. The lowest BCUT2D eigenvalue weighted by Gasteiger charge is -2.28. The number of amides is 2. The van der Waals surface area contributed by atoms with E-state index < -0.39 is 0 Å². The maximum Gasteiger partial charge on any atom is 0.251 e. The fourth-order valence-electron chi connectivity index (χ4n) is 4.50. The van der Waals surface area contributed by atoms with Crippen LogP contribution >= 0.6 is 0 Å². The second kappa shape index (κ2) is 12.2. The number of nitrogens with zero attached hydrogens (tertiary/aromatic N) is 2. The number of anilines is 1. The summed E-state index contributed by atoms with van der Waals surface area (Å²) < 4.78 is 0. The fraction of sp³-hybridized carbons (Fsp3) is 0.680. The Balaban J connectivity index is 1.75. The number of likely N-dealkylation sites (tertiary alicyclic amines) is 1. The maximum absolute atomic E-state index is 13.0. The molecule has 1 aromatic carbocycles. The van der Waals surface area contributed by atoms with Crippen molar-refractivity contribution in [3.63, 3.8) is 0 Å². The Hall–Kier alpha value is -1.92. The van der Waals surface area contributed by atoms with E-state index in [1.807, 2.05) is 36.9 Å². The van der Waals surface area contributed by atoms with Crippen LogP contribution in [0.5, 0.6) is 0 Å². The van der Waals surface area contributed by atoms with Crippen LogP contribution in [0.4, 0.5) is 5.69 Å². The normalized spacial score (nSPS) is 18.9. The topological polar surface area (TPSA) is 64.7 Å². The Morgan fingerprint density at radius 1 is 1.00 bits per heavy atom. The second-order valence-electron chi connectivity index (χ2n) is 9.24. The minimum Gasteiger partial charge on any atom is -0.351 e. The predicted octanol–water partition coefficient (Wildman–Crippen LogP) is 3.55. The van der Waals surface area contributed by atoms with E-state index in [9.17, 15) is 9.59 Å². The molecule has 0 radical (unpaired) electrons. The summed E-state index contributed by atoms with van der Waals surface area (Å²) in [5.74, 6) is 0.0678. The highest BCUT2D eigenvalue weighted by Gasteiger charge is 2.22. The Morgan fingerprint density at radius 2 is 1.71 bits per heavy atom. The van der Waals surface area contributed by atoms with Gasteiger partial charge in [0.1, 0.15) is 0 Å². The molecule has 172 valence electrons. The Bertz CT molecular complexity index is 728. The zero-order valence-electron chi connectivity index (χ0n) is 19.4. The van der Waals surface area contributed by atoms with Crippen LogP contribution in [0, 0.1) is 5.92 Å². The highest BCUT2D eigenvalue weighted by atomic mass is 16.2. The average Bonchev–Trinajstić information content (AvgIpc) is 3.27. The van der Waals surface area contributed by atoms with Crippen molar-refractivity contribution >= 4 is 17.5 Å². The van der Waals surface area contributed by atoms with Gasteiger partial charge in [-0.15, -0.1) is 0 Å². The largest absolute Gasteiger partial charge is 0.351 e. The van der Waals surface area contributed by atoms with E-state index in [-0.39, 0.29) is 17.7 Å². The number of carbonyl (C=O) groups is 2. The van der Waals surface area contributed by atoms with Crippen molar-refractivity contribution in [2.75, 3.05) is 44.2 Å². The third-order valence-corrected chi connectivity index (χ3v) is 6.36. The second-order valence-corrected chi connectivity index (χ2v) is 9.24. The van der Waals surface area contributed by atoms with Crippen LogP contribution in [0.1, 0.15) is 74.7 Å². The van der Waals surface area contributed by atoms with Gasteiger partial charge in [-0.05, 0) is 69.1 Å². The summed E-state index contributed by atoms with van der Waals surface area (Å²) in [6, 6.07) is 5.81. The van der Waals surface area contributed by atoms with E-state index in [0.29, 0.717) is 18.7 Å². The number of hydrogen-bond donors (Lipinski definition) is 2. The van der Waals surface area contributed by atoms with Crippen molar-refractivity contribution in [2.45, 2.75) is 65.3 Å². The quantitative estimate of drug-likeness (QED) is 0.753. The van der Waals surface area contributed by atoms with Crippen LogP contribution in [0.3, 0.4) is 0 Å². The van der Waals surface area contributed by atoms with Crippen LogP contribution in [-0.4, -0.2) is 56.0 Å².